The Hall–Kier alpha value is -1.13. The van der Waals surface area contributed by atoms with Crippen molar-refractivity contribution < 1.29 is 8.42 Å². The van der Waals surface area contributed by atoms with E-state index in [-0.39, 0.29) is 35.8 Å². The molecule has 2 N–H and O–H groups in total. The van der Waals surface area contributed by atoms with Crippen LogP contribution in [-0.2, 0) is 16.3 Å². The summed E-state index contributed by atoms with van der Waals surface area (Å²) in [6, 6.07) is 13.1. The molecule has 0 aliphatic rings. The minimum atomic E-state index is -3.24. The SMILES string of the molecule is CCNC(=NCCCS(=O)(=O)c1ccccc1)NC(C)Cc1ccc(C)s1.I. The average molecular weight is 536 g/mol. The third kappa shape index (κ3) is 8.48. The van der Waals surface area contributed by atoms with Crippen molar-refractivity contribution in [2.24, 2.45) is 4.99 Å². The van der Waals surface area contributed by atoms with E-state index in [0.29, 0.717) is 17.9 Å². The number of hydrogen-bond acceptors (Lipinski definition) is 4. The summed E-state index contributed by atoms with van der Waals surface area (Å²) < 4.78 is 24.6. The number of nitrogens with zero attached hydrogens (tertiary/aromatic N) is 1. The number of rotatable bonds is 9. The minimum Gasteiger partial charge on any atom is -0.357 e. The summed E-state index contributed by atoms with van der Waals surface area (Å²) in [5, 5.41) is 6.63. The summed E-state index contributed by atoms with van der Waals surface area (Å²) in [5.41, 5.74) is 0. The highest BCUT2D eigenvalue weighted by Gasteiger charge is 2.13. The number of aryl methyl sites for hydroxylation is 1. The van der Waals surface area contributed by atoms with Gasteiger partial charge in [-0.2, -0.15) is 0 Å². The van der Waals surface area contributed by atoms with Crippen molar-refractivity contribution in [2.75, 3.05) is 18.8 Å². The second kappa shape index (κ2) is 12.4. The van der Waals surface area contributed by atoms with Crippen LogP contribution in [0.15, 0.2) is 52.4 Å². The molecule has 0 saturated carbocycles. The lowest BCUT2D eigenvalue weighted by Gasteiger charge is -2.17. The molecule has 1 aromatic heterocycles. The Balaban J connectivity index is 0.00000392. The molecule has 1 aromatic carbocycles. The fourth-order valence-corrected chi connectivity index (χ4v) is 5.03. The molecular formula is C20H30IN3O2S2. The second-order valence-electron chi connectivity index (χ2n) is 6.51. The molecule has 28 heavy (non-hydrogen) atoms. The van der Waals surface area contributed by atoms with Crippen LogP contribution in [0.3, 0.4) is 0 Å². The van der Waals surface area contributed by atoms with Crippen LogP contribution in [0.25, 0.3) is 0 Å². The first-order valence-electron chi connectivity index (χ1n) is 9.28. The molecule has 5 nitrogen and oxygen atoms in total. The van der Waals surface area contributed by atoms with Gasteiger partial charge in [-0.1, -0.05) is 18.2 Å². The average Bonchev–Trinajstić information content (AvgIpc) is 3.04. The van der Waals surface area contributed by atoms with Crippen molar-refractivity contribution in [3.8, 4) is 0 Å². The number of sulfone groups is 1. The van der Waals surface area contributed by atoms with Crippen LogP contribution in [-0.4, -0.2) is 39.3 Å². The first-order valence-corrected chi connectivity index (χ1v) is 11.8. The van der Waals surface area contributed by atoms with Gasteiger partial charge in [-0.05, 0) is 51.5 Å². The first kappa shape index (κ1) is 24.9. The van der Waals surface area contributed by atoms with Gasteiger partial charge in [0.1, 0.15) is 0 Å². The third-order valence-corrected chi connectivity index (χ3v) is 6.81. The molecule has 0 radical (unpaired) electrons. The van der Waals surface area contributed by atoms with Crippen LogP contribution in [0.1, 0.15) is 30.0 Å². The van der Waals surface area contributed by atoms with Gasteiger partial charge >= 0.3 is 0 Å². The van der Waals surface area contributed by atoms with Gasteiger partial charge in [-0.3, -0.25) is 4.99 Å². The number of guanidine groups is 1. The van der Waals surface area contributed by atoms with Crippen molar-refractivity contribution in [3.63, 3.8) is 0 Å². The Morgan fingerprint density at radius 1 is 1.18 bits per heavy atom. The van der Waals surface area contributed by atoms with E-state index in [1.165, 1.54) is 9.75 Å². The number of hydrogen-bond donors (Lipinski definition) is 2. The maximum absolute atomic E-state index is 12.3. The smallest absolute Gasteiger partial charge is 0.191 e. The predicted octanol–water partition coefficient (Wildman–Crippen LogP) is 4.02. The van der Waals surface area contributed by atoms with Crippen LogP contribution in [0, 0.1) is 6.92 Å². The lowest BCUT2D eigenvalue weighted by Crippen LogP contribution is -2.43. The summed E-state index contributed by atoms with van der Waals surface area (Å²) in [4.78, 5) is 7.57. The fraction of sp³-hybridized carbons (Fsp3) is 0.450. The van der Waals surface area contributed by atoms with Crippen LogP contribution in [0.5, 0.6) is 0 Å². The predicted molar refractivity (Wildman–Crippen MR) is 130 cm³/mol. The van der Waals surface area contributed by atoms with Crippen LogP contribution >= 0.6 is 35.3 Å². The summed E-state index contributed by atoms with van der Waals surface area (Å²) in [6.45, 7) is 7.48. The fourth-order valence-electron chi connectivity index (χ4n) is 2.69. The second-order valence-corrected chi connectivity index (χ2v) is 9.99. The zero-order chi connectivity index (χ0) is 19.7. The summed E-state index contributed by atoms with van der Waals surface area (Å²) in [6.07, 6.45) is 1.43. The molecule has 0 amide bonds. The van der Waals surface area contributed by atoms with Crippen LogP contribution < -0.4 is 10.6 Å². The van der Waals surface area contributed by atoms with Crippen molar-refractivity contribution in [2.45, 2.75) is 44.6 Å². The van der Waals surface area contributed by atoms with Gasteiger partial charge in [-0.15, -0.1) is 35.3 Å². The van der Waals surface area contributed by atoms with Crippen LogP contribution in [0.4, 0.5) is 0 Å². The monoisotopic (exact) mass is 535 g/mol. The summed E-state index contributed by atoms with van der Waals surface area (Å²) >= 11 is 1.81. The normalized spacial score (nSPS) is 12.9. The first-order chi connectivity index (χ1) is 12.9. The van der Waals surface area contributed by atoms with Crippen LogP contribution in [0.2, 0.25) is 0 Å². The van der Waals surface area contributed by atoms with E-state index in [2.05, 4.69) is 41.6 Å². The number of nitrogens with one attached hydrogen (secondary N) is 2. The maximum Gasteiger partial charge on any atom is 0.191 e. The molecule has 1 atom stereocenters. The van der Waals surface area contributed by atoms with Gasteiger partial charge in [0.2, 0.25) is 0 Å². The van der Waals surface area contributed by atoms with E-state index >= 15 is 0 Å². The van der Waals surface area contributed by atoms with Gasteiger partial charge in [0, 0.05) is 35.3 Å². The highest BCUT2D eigenvalue weighted by molar-refractivity contribution is 14.0. The number of benzene rings is 1. The lowest BCUT2D eigenvalue weighted by molar-refractivity contribution is 0.593. The third-order valence-electron chi connectivity index (χ3n) is 3.97. The summed E-state index contributed by atoms with van der Waals surface area (Å²) in [5.74, 6) is 0.833. The van der Waals surface area contributed by atoms with Gasteiger partial charge in [0.25, 0.3) is 0 Å². The molecule has 0 bridgehead atoms. The summed E-state index contributed by atoms with van der Waals surface area (Å²) in [7, 11) is -3.24. The van der Waals surface area contributed by atoms with Crippen molar-refractivity contribution in [3.05, 3.63) is 52.2 Å². The Bertz CT molecular complexity index is 836. The van der Waals surface area contributed by atoms with E-state index in [1.807, 2.05) is 24.3 Å². The van der Waals surface area contributed by atoms with E-state index in [1.54, 1.807) is 24.3 Å². The van der Waals surface area contributed by atoms with E-state index in [4.69, 9.17) is 0 Å². The Morgan fingerprint density at radius 3 is 2.50 bits per heavy atom. The van der Waals surface area contributed by atoms with Crippen molar-refractivity contribution in [1.29, 1.82) is 0 Å². The molecule has 156 valence electrons. The standard InChI is InChI=1S/C20H29N3O2S2.HI/c1-4-21-20(23-16(2)15-18-12-11-17(3)26-18)22-13-8-14-27(24,25)19-9-6-5-7-10-19;/h5-7,9-12,16H,4,8,13-15H2,1-3H3,(H2,21,22,23);1H. The molecule has 0 saturated heterocycles. The molecule has 8 heteroatoms. The molecule has 0 fully saturated rings. The zero-order valence-corrected chi connectivity index (χ0v) is 20.6. The number of aliphatic imine (C=N–C) groups is 1. The van der Waals surface area contributed by atoms with E-state index in [0.717, 1.165) is 18.9 Å². The van der Waals surface area contributed by atoms with Gasteiger partial charge in [0.05, 0.1) is 10.6 Å². The molecule has 0 aliphatic heterocycles. The molecule has 0 spiro atoms. The molecule has 2 aromatic rings. The molecule has 0 aliphatic carbocycles. The largest absolute Gasteiger partial charge is 0.357 e. The zero-order valence-electron chi connectivity index (χ0n) is 16.6. The van der Waals surface area contributed by atoms with E-state index in [9.17, 15) is 8.42 Å². The molecule has 1 unspecified atom stereocenters. The van der Waals surface area contributed by atoms with Crippen molar-refractivity contribution in [1.82, 2.24) is 10.6 Å². The maximum atomic E-state index is 12.3. The Labute approximate surface area is 190 Å². The Morgan fingerprint density at radius 2 is 1.89 bits per heavy atom. The molecule has 1 heterocycles. The highest BCUT2D eigenvalue weighted by atomic mass is 127. The minimum absolute atomic E-state index is 0. The van der Waals surface area contributed by atoms with Gasteiger partial charge in [-0.25, -0.2) is 8.42 Å². The number of halogens is 1. The van der Waals surface area contributed by atoms with Gasteiger partial charge in [0.15, 0.2) is 15.8 Å². The lowest BCUT2D eigenvalue weighted by atomic mass is 10.2. The van der Waals surface area contributed by atoms with Crippen molar-refractivity contribution >= 4 is 51.1 Å². The topological polar surface area (TPSA) is 70.6 Å². The quantitative estimate of drug-likeness (QED) is 0.220. The Kier molecular flexibility index (Phi) is 11.1. The highest BCUT2D eigenvalue weighted by Crippen LogP contribution is 2.16. The van der Waals surface area contributed by atoms with Gasteiger partial charge < -0.3 is 10.6 Å². The molecule has 2 rings (SSSR count). The molecular weight excluding hydrogens is 505 g/mol. The van der Waals surface area contributed by atoms with E-state index < -0.39 is 9.84 Å². The number of thiophene rings is 1.